The molecule has 2 aliphatic heterocycles. The smallest absolute Gasteiger partial charge is 0.157 e. The van der Waals surface area contributed by atoms with Crippen LogP contribution in [0.5, 0.6) is 0 Å². The average Bonchev–Trinajstić information content (AvgIpc) is 3.25. The third kappa shape index (κ3) is 2.97. The summed E-state index contributed by atoms with van der Waals surface area (Å²) in [6.07, 6.45) is 1.45. The van der Waals surface area contributed by atoms with Crippen molar-refractivity contribution in [3.63, 3.8) is 0 Å². The van der Waals surface area contributed by atoms with Gasteiger partial charge in [0.2, 0.25) is 0 Å². The largest absolute Gasteiger partial charge is 0.386 e. The number of hydrogen-bond acceptors (Lipinski definition) is 6. The maximum atomic E-state index is 10.8. The zero-order valence-corrected chi connectivity index (χ0v) is 15.0. The van der Waals surface area contributed by atoms with E-state index in [1.807, 2.05) is 29.0 Å². The lowest BCUT2D eigenvalue weighted by atomic mass is 9.94. The van der Waals surface area contributed by atoms with E-state index < -0.39 is 6.10 Å². The van der Waals surface area contributed by atoms with Gasteiger partial charge in [-0.05, 0) is 36.1 Å². The number of anilines is 1. The van der Waals surface area contributed by atoms with Gasteiger partial charge in [-0.3, -0.25) is 10.7 Å². The molecule has 0 aliphatic carbocycles. The first-order chi connectivity index (χ1) is 12.6. The van der Waals surface area contributed by atoms with Crippen LogP contribution in [0.2, 0.25) is 5.02 Å². The fraction of sp³-hybridized carbons (Fsp3) is 0.389. The number of halogens is 1. The first kappa shape index (κ1) is 17.4. The number of aliphatic hydroxyl groups is 1. The lowest BCUT2D eigenvalue weighted by Gasteiger charge is -2.24. The minimum Gasteiger partial charge on any atom is -0.386 e. The Kier molecular flexibility index (Phi) is 4.62. The van der Waals surface area contributed by atoms with E-state index in [4.69, 9.17) is 16.3 Å². The van der Waals surface area contributed by atoms with E-state index in [1.165, 1.54) is 0 Å². The number of aliphatic imine (C=N–C) groups is 1. The van der Waals surface area contributed by atoms with Crippen LogP contribution in [0.25, 0.3) is 0 Å². The molecular formula is C18H21ClN4O3. The van der Waals surface area contributed by atoms with Crippen LogP contribution in [-0.2, 0) is 4.74 Å². The summed E-state index contributed by atoms with van der Waals surface area (Å²) in [5.41, 5.74) is 3.71. The maximum absolute atomic E-state index is 10.8. The number of benzene rings is 1. The monoisotopic (exact) mass is 376 g/mol. The molecule has 3 heterocycles. The molecule has 4 atom stereocenters. The summed E-state index contributed by atoms with van der Waals surface area (Å²) in [5.74, 6) is 1.45. The van der Waals surface area contributed by atoms with E-state index in [0.29, 0.717) is 17.5 Å². The normalized spacial score (nSPS) is 26.0. The van der Waals surface area contributed by atoms with E-state index in [1.54, 1.807) is 12.1 Å². The zero-order chi connectivity index (χ0) is 18.3. The second-order valence-electron chi connectivity index (χ2n) is 6.70. The van der Waals surface area contributed by atoms with Crippen LogP contribution in [-0.4, -0.2) is 33.5 Å². The number of ether oxygens (including phenoxy) is 1. The molecule has 0 spiro atoms. The number of aromatic nitrogens is 1. The number of nitrogens with zero attached hydrogens (tertiary/aromatic N) is 2. The Morgan fingerprint density at radius 2 is 2.12 bits per heavy atom. The third-order valence-electron chi connectivity index (χ3n) is 5.04. The number of amidine groups is 1. The van der Waals surface area contributed by atoms with Gasteiger partial charge in [0.1, 0.15) is 24.8 Å². The average molecular weight is 377 g/mol. The first-order valence-electron chi connectivity index (χ1n) is 8.57. The van der Waals surface area contributed by atoms with Gasteiger partial charge in [-0.15, -0.1) is 0 Å². The molecule has 7 nitrogen and oxygen atoms in total. The minimum atomic E-state index is -0.720. The predicted molar refractivity (Wildman–Crippen MR) is 98.5 cm³/mol. The van der Waals surface area contributed by atoms with E-state index in [-0.39, 0.29) is 18.2 Å². The molecule has 1 saturated heterocycles. The van der Waals surface area contributed by atoms with Crippen LogP contribution in [0.3, 0.4) is 0 Å². The molecule has 138 valence electrons. The quantitative estimate of drug-likeness (QED) is 0.618. The standard InChI is InChI=1S/C18H21ClN4O3/c1-10-8-14(23-7-6-13-17(22-25)20-9-21-18(13)23)26-16(10)15(24)11-2-4-12(19)5-3-11/h2-7,10,14-16,21,24-25H,8-9H2,1H3,(H,20,22). The maximum Gasteiger partial charge on any atom is 0.157 e. The van der Waals surface area contributed by atoms with Crippen molar-refractivity contribution in [1.29, 1.82) is 0 Å². The molecule has 0 radical (unpaired) electrons. The van der Waals surface area contributed by atoms with Crippen LogP contribution >= 0.6 is 11.6 Å². The van der Waals surface area contributed by atoms with Crippen molar-refractivity contribution in [3.8, 4) is 0 Å². The van der Waals surface area contributed by atoms with Gasteiger partial charge in [0.15, 0.2) is 5.84 Å². The van der Waals surface area contributed by atoms with E-state index in [9.17, 15) is 10.3 Å². The third-order valence-corrected chi connectivity index (χ3v) is 5.29. The summed E-state index contributed by atoms with van der Waals surface area (Å²) < 4.78 is 8.21. The summed E-state index contributed by atoms with van der Waals surface area (Å²) in [7, 11) is 0. The molecule has 2 aliphatic rings. The second kappa shape index (κ2) is 6.92. The molecule has 8 heteroatoms. The van der Waals surface area contributed by atoms with Gasteiger partial charge in [-0.25, -0.2) is 4.99 Å². The molecule has 4 unspecified atom stereocenters. The van der Waals surface area contributed by atoms with Crippen molar-refractivity contribution in [2.24, 2.45) is 10.9 Å². The van der Waals surface area contributed by atoms with Gasteiger partial charge in [0.05, 0.1) is 11.7 Å². The van der Waals surface area contributed by atoms with Crippen molar-refractivity contribution >= 4 is 23.3 Å². The Morgan fingerprint density at radius 1 is 1.35 bits per heavy atom. The lowest BCUT2D eigenvalue weighted by molar-refractivity contribution is -0.0680. The Balaban J connectivity index is 1.55. The highest BCUT2D eigenvalue weighted by Gasteiger charge is 2.39. The van der Waals surface area contributed by atoms with Crippen molar-refractivity contribution in [3.05, 3.63) is 52.7 Å². The summed E-state index contributed by atoms with van der Waals surface area (Å²) in [6.45, 7) is 2.45. The van der Waals surface area contributed by atoms with Gasteiger partial charge in [0, 0.05) is 11.2 Å². The number of fused-ring (bicyclic) bond motifs is 1. The predicted octanol–water partition coefficient (Wildman–Crippen LogP) is 2.91. The van der Waals surface area contributed by atoms with Gasteiger partial charge < -0.3 is 19.7 Å². The molecule has 1 fully saturated rings. The van der Waals surface area contributed by atoms with Gasteiger partial charge in [0.25, 0.3) is 0 Å². The SMILES string of the molecule is CC1CC(n2ccc3c2NCN=C3NO)OC1C(O)c1ccc(Cl)cc1. The highest BCUT2D eigenvalue weighted by atomic mass is 35.5. The molecule has 26 heavy (non-hydrogen) atoms. The van der Waals surface area contributed by atoms with Crippen molar-refractivity contribution in [2.45, 2.75) is 31.8 Å². The molecule has 0 saturated carbocycles. The van der Waals surface area contributed by atoms with Crippen molar-refractivity contribution in [1.82, 2.24) is 10.0 Å². The molecule has 0 amide bonds. The zero-order valence-electron chi connectivity index (χ0n) is 14.3. The van der Waals surface area contributed by atoms with Crippen LogP contribution in [0.4, 0.5) is 5.82 Å². The molecule has 4 rings (SSSR count). The fourth-order valence-corrected chi connectivity index (χ4v) is 3.80. The lowest BCUT2D eigenvalue weighted by Crippen LogP contribution is -2.27. The number of hydrogen-bond donors (Lipinski definition) is 4. The van der Waals surface area contributed by atoms with E-state index >= 15 is 0 Å². The topological polar surface area (TPSA) is 91.0 Å². The summed E-state index contributed by atoms with van der Waals surface area (Å²) in [4.78, 5) is 4.17. The minimum absolute atomic E-state index is 0.177. The van der Waals surface area contributed by atoms with Crippen LogP contribution in [0, 0.1) is 5.92 Å². The summed E-state index contributed by atoms with van der Waals surface area (Å²) >= 11 is 5.93. The number of rotatable bonds is 3. The van der Waals surface area contributed by atoms with Crippen LogP contribution in [0.15, 0.2) is 41.5 Å². The highest BCUT2D eigenvalue weighted by Crippen LogP contribution is 2.41. The van der Waals surface area contributed by atoms with E-state index in [2.05, 4.69) is 22.7 Å². The Bertz CT molecular complexity index is 820. The van der Waals surface area contributed by atoms with Crippen LogP contribution in [0.1, 0.15) is 36.8 Å². The Labute approximate surface area is 156 Å². The van der Waals surface area contributed by atoms with Crippen molar-refractivity contribution < 1.29 is 15.1 Å². The first-order valence-corrected chi connectivity index (χ1v) is 8.95. The number of aliphatic hydroxyl groups excluding tert-OH is 1. The fourth-order valence-electron chi connectivity index (χ4n) is 3.68. The highest BCUT2D eigenvalue weighted by molar-refractivity contribution is 6.30. The molecule has 1 aromatic carbocycles. The molecule has 0 bridgehead atoms. The summed E-state index contributed by atoms with van der Waals surface area (Å²) in [6, 6.07) is 9.06. The molecular weight excluding hydrogens is 356 g/mol. The number of nitrogens with one attached hydrogen (secondary N) is 2. The van der Waals surface area contributed by atoms with Crippen molar-refractivity contribution in [2.75, 3.05) is 12.0 Å². The summed E-state index contributed by atoms with van der Waals surface area (Å²) in [5, 5.41) is 23.8. The number of hydroxylamine groups is 1. The Morgan fingerprint density at radius 3 is 2.85 bits per heavy atom. The van der Waals surface area contributed by atoms with Gasteiger partial charge in [-0.1, -0.05) is 30.7 Å². The molecule has 4 N–H and O–H groups in total. The van der Waals surface area contributed by atoms with Gasteiger partial charge in [-0.2, -0.15) is 0 Å². The van der Waals surface area contributed by atoms with Gasteiger partial charge >= 0.3 is 0 Å². The molecule has 2 aromatic rings. The second-order valence-corrected chi connectivity index (χ2v) is 7.14. The Hall–Kier alpha value is -2.06. The van der Waals surface area contributed by atoms with E-state index in [0.717, 1.165) is 23.4 Å². The molecule has 1 aromatic heterocycles. The van der Waals surface area contributed by atoms with Crippen LogP contribution < -0.4 is 10.8 Å².